The number of carbonyl (C=O) groups excluding carboxylic acids is 1. The number of ether oxygens (including phenoxy) is 2. The predicted octanol–water partition coefficient (Wildman–Crippen LogP) is 6.50. The molecule has 2 aromatic heterocycles. The van der Waals surface area contributed by atoms with Gasteiger partial charge in [-0.3, -0.25) is 9.69 Å². The van der Waals surface area contributed by atoms with Crippen LogP contribution in [0.2, 0.25) is 0 Å². The Bertz CT molecular complexity index is 1490. The van der Waals surface area contributed by atoms with Gasteiger partial charge in [-0.15, -0.1) is 11.3 Å². The van der Waals surface area contributed by atoms with Crippen LogP contribution in [0.15, 0.2) is 95.1 Å². The number of nitrogens with zero attached hydrogens (tertiary/aromatic N) is 1. The van der Waals surface area contributed by atoms with Crippen LogP contribution in [0.25, 0.3) is 21.2 Å². The molecule has 0 aliphatic carbocycles. The summed E-state index contributed by atoms with van der Waals surface area (Å²) in [7, 11) is 3.69. The second-order valence-electron chi connectivity index (χ2n) is 9.19. The molecule has 0 saturated heterocycles. The largest absolute Gasteiger partial charge is 0.497 e. The van der Waals surface area contributed by atoms with Gasteiger partial charge in [-0.1, -0.05) is 36.4 Å². The van der Waals surface area contributed by atoms with Gasteiger partial charge < -0.3 is 19.2 Å². The first kappa shape index (κ1) is 25.6. The van der Waals surface area contributed by atoms with Crippen molar-refractivity contribution in [3.8, 4) is 22.6 Å². The highest BCUT2D eigenvalue weighted by Gasteiger charge is 2.14. The van der Waals surface area contributed by atoms with Crippen molar-refractivity contribution in [1.82, 2.24) is 10.2 Å². The van der Waals surface area contributed by atoms with Gasteiger partial charge in [-0.25, -0.2) is 0 Å². The molecule has 0 atom stereocenters. The molecule has 1 amide bonds. The highest BCUT2D eigenvalue weighted by atomic mass is 32.1. The smallest absolute Gasteiger partial charge is 0.258 e. The molecule has 194 valence electrons. The molecule has 0 unspecified atom stereocenters. The minimum Gasteiger partial charge on any atom is -0.497 e. The van der Waals surface area contributed by atoms with E-state index in [1.807, 2.05) is 36.4 Å². The maximum absolute atomic E-state index is 12.6. The fourth-order valence-electron chi connectivity index (χ4n) is 4.39. The monoisotopic (exact) mass is 526 g/mol. The van der Waals surface area contributed by atoms with E-state index in [0.717, 1.165) is 34.5 Å². The number of fused-ring (bicyclic) bond motifs is 1. The van der Waals surface area contributed by atoms with E-state index in [9.17, 15) is 4.79 Å². The van der Waals surface area contributed by atoms with Crippen molar-refractivity contribution in [3.05, 3.63) is 107 Å². The van der Waals surface area contributed by atoms with E-state index in [-0.39, 0.29) is 12.5 Å². The number of carbonyl (C=O) groups is 1. The minimum atomic E-state index is -0.175. The van der Waals surface area contributed by atoms with Crippen LogP contribution < -0.4 is 14.8 Å². The van der Waals surface area contributed by atoms with Crippen molar-refractivity contribution in [2.24, 2.45) is 0 Å². The molecule has 7 heteroatoms. The Morgan fingerprint density at radius 2 is 1.84 bits per heavy atom. The fraction of sp³-hybridized carbons (Fsp3) is 0.194. The molecule has 0 fully saturated rings. The van der Waals surface area contributed by atoms with Gasteiger partial charge in [-0.2, -0.15) is 0 Å². The first-order chi connectivity index (χ1) is 18.6. The number of methoxy groups -OCH3 is 1. The lowest BCUT2D eigenvalue weighted by atomic mass is 10.0. The normalized spacial score (nSPS) is 11.1. The van der Waals surface area contributed by atoms with E-state index in [4.69, 9.17) is 13.9 Å². The topological polar surface area (TPSA) is 63.9 Å². The van der Waals surface area contributed by atoms with Gasteiger partial charge in [0.1, 0.15) is 11.5 Å². The highest BCUT2D eigenvalue weighted by Crippen LogP contribution is 2.36. The first-order valence-corrected chi connectivity index (χ1v) is 13.3. The van der Waals surface area contributed by atoms with Gasteiger partial charge in [-0.05, 0) is 60.0 Å². The second kappa shape index (κ2) is 12.0. The molecule has 2 heterocycles. The average molecular weight is 527 g/mol. The molecule has 0 bridgehead atoms. The van der Waals surface area contributed by atoms with Crippen LogP contribution in [0.4, 0.5) is 0 Å². The number of thiophene rings is 1. The summed E-state index contributed by atoms with van der Waals surface area (Å²) >= 11 is 1.74. The number of hydrogen-bond acceptors (Lipinski definition) is 6. The Hall–Kier alpha value is -4.07. The molecular weight excluding hydrogens is 496 g/mol. The summed E-state index contributed by atoms with van der Waals surface area (Å²) in [5.74, 6) is 1.31. The van der Waals surface area contributed by atoms with Crippen molar-refractivity contribution in [3.63, 3.8) is 0 Å². The third-order valence-electron chi connectivity index (χ3n) is 6.33. The SMILES string of the molecule is COc1ccc(CNC(=O)COc2ccc(-c3csc4ccccc34)cc2CN(C)Cc2ccoc2)cc1. The van der Waals surface area contributed by atoms with Crippen LogP contribution in [0.1, 0.15) is 16.7 Å². The first-order valence-electron chi connectivity index (χ1n) is 12.4. The molecule has 0 aliphatic heterocycles. The zero-order valence-electron chi connectivity index (χ0n) is 21.5. The number of rotatable bonds is 11. The predicted molar refractivity (Wildman–Crippen MR) is 151 cm³/mol. The summed E-state index contributed by atoms with van der Waals surface area (Å²) in [6, 6.07) is 24.2. The van der Waals surface area contributed by atoms with E-state index in [2.05, 4.69) is 59.0 Å². The molecule has 0 radical (unpaired) electrons. The standard InChI is InChI=1S/C31H30N2O4S/c1-33(17-23-13-14-36-19-23)18-25-15-24(28-21-38-30-6-4-3-5-27(28)30)9-12-29(25)37-20-31(34)32-16-22-7-10-26(35-2)11-8-22/h3-15,19,21H,16-18,20H2,1-2H3,(H,32,34). The highest BCUT2D eigenvalue weighted by molar-refractivity contribution is 7.17. The molecule has 3 aromatic carbocycles. The maximum Gasteiger partial charge on any atom is 0.258 e. The third kappa shape index (κ3) is 6.25. The minimum absolute atomic E-state index is 0.0602. The van der Waals surface area contributed by atoms with Crippen molar-refractivity contribution < 1.29 is 18.7 Å². The Kier molecular flexibility index (Phi) is 8.06. The number of furan rings is 1. The van der Waals surface area contributed by atoms with E-state index in [1.54, 1.807) is 31.0 Å². The molecule has 0 saturated carbocycles. The summed E-state index contributed by atoms with van der Waals surface area (Å²) in [6.07, 6.45) is 3.44. The maximum atomic E-state index is 12.6. The van der Waals surface area contributed by atoms with E-state index in [1.165, 1.54) is 15.6 Å². The number of hydrogen-bond donors (Lipinski definition) is 1. The van der Waals surface area contributed by atoms with Crippen molar-refractivity contribution in [2.75, 3.05) is 20.8 Å². The van der Waals surface area contributed by atoms with Crippen LogP contribution in [0.5, 0.6) is 11.5 Å². The van der Waals surface area contributed by atoms with Crippen LogP contribution in [-0.4, -0.2) is 31.6 Å². The number of nitrogens with one attached hydrogen (secondary N) is 1. The second-order valence-corrected chi connectivity index (χ2v) is 10.1. The fourth-order valence-corrected chi connectivity index (χ4v) is 5.36. The molecule has 38 heavy (non-hydrogen) atoms. The van der Waals surface area contributed by atoms with E-state index < -0.39 is 0 Å². The summed E-state index contributed by atoms with van der Waals surface area (Å²) in [6.45, 7) is 1.76. The molecule has 5 rings (SSSR count). The van der Waals surface area contributed by atoms with Crippen LogP contribution >= 0.6 is 11.3 Å². The molecule has 5 aromatic rings. The van der Waals surface area contributed by atoms with Crippen molar-refractivity contribution in [2.45, 2.75) is 19.6 Å². The van der Waals surface area contributed by atoms with Gasteiger partial charge in [0.2, 0.25) is 0 Å². The van der Waals surface area contributed by atoms with Crippen LogP contribution in [0.3, 0.4) is 0 Å². The van der Waals surface area contributed by atoms with E-state index in [0.29, 0.717) is 18.8 Å². The quantitative estimate of drug-likeness (QED) is 0.213. The Labute approximate surface area is 226 Å². The Balaban J connectivity index is 1.31. The van der Waals surface area contributed by atoms with Crippen molar-refractivity contribution in [1.29, 1.82) is 0 Å². The zero-order chi connectivity index (χ0) is 26.3. The van der Waals surface area contributed by atoms with Crippen LogP contribution in [-0.2, 0) is 24.4 Å². The van der Waals surface area contributed by atoms with E-state index >= 15 is 0 Å². The number of amides is 1. The average Bonchev–Trinajstić information content (AvgIpc) is 3.61. The Morgan fingerprint density at radius 1 is 1.00 bits per heavy atom. The summed E-state index contributed by atoms with van der Waals surface area (Å²) in [5, 5.41) is 6.36. The van der Waals surface area contributed by atoms with Gasteiger partial charge in [0, 0.05) is 46.4 Å². The molecule has 0 spiro atoms. The summed E-state index contributed by atoms with van der Waals surface area (Å²) in [4.78, 5) is 14.8. The molecular formula is C31H30N2O4S. The van der Waals surface area contributed by atoms with Gasteiger partial charge >= 0.3 is 0 Å². The zero-order valence-corrected chi connectivity index (χ0v) is 22.3. The van der Waals surface area contributed by atoms with Gasteiger partial charge in [0.05, 0.1) is 19.6 Å². The van der Waals surface area contributed by atoms with Gasteiger partial charge in [0.25, 0.3) is 5.91 Å². The van der Waals surface area contributed by atoms with Gasteiger partial charge in [0.15, 0.2) is 6.61 Å². The summed E-state index contributed by atoms with van der Waals surface area (Å²) < 4.78 is 17.7. The number of benzene rings is 3. The lowest BCUT2D eigenvalue weighted by Crippen LogP contribution is -2.28. The Morgan fingerprint density at radius 3 is 2.63 bits per heavy atom. The lowest BCUT2D eigenvalue weighted by molar-refractivity contribution is -0.123. The summed E-state index contributed by atoms with van der Waals surface area (Å²) in [5.41, 5.74) is 5.45. The molecule has 0 aliphatic rings. The van der Waals surface area contributed by atoms with Crippen molar-refractivity contribution >= 4 is 27.3 Å². The lowest BCUT2D eigenvalue weighted by Gasteiger charge is -2.19. The molecule has 6 nitrogen and oxygen atoms in total. The van der Waals surface area contributed by atoms with Crippen LogP contribution in [0, 0.1) is 0 Å². The third-order valence-corrected chi connectivity index (χ3v) is 7.30. The molecule has 1 N–H and O–H groups in total.